The van der Waals surface area contributed by atoms with Crippen LogP contribution in [0.25, 0.3) is 10.9 Å². The average Bonchev–Trinajstić information content (AvgIpc) is 3.56. The molecule has 0 aliphatic heterocycles. The summed E-state index contributed by atoms with van der Waals surface area (Å²) in [6, 6.07) is 17.2. The molecule has 0 bridgehead atoms. The first kappa shape index (κ1) is 25.3. The van der Waals surface area contributed by atoms with Crippen LogP contribution >= 0.6 is 0 Å². The van der Waals surface area contributed by atoms with Crippen molar-refractivity contribution >= 4 is 10.9 Å². The molecule has 2 aromatic carbocycles. The van der Waals surface area contributed by atoms with E-state index in [0.29, 0.717) is 12.6 Å². The van der Waals surface area contributed by atoms with Crippen LogP contribution in [-0.2, 0) is 13.0 Å². The summed E-state index contributed by atoms with van der Waals surface area (Å²) in [7, 11) is 0. The maximum absolute atomic E-state index is 13.3. The molecular formula is C30H38N6O. The van der Waals surface area contributed by atoms with Crippen LogP contribution in [0.2, 0.25) is 0 Å². The van der Waals surface area contributed by atoms with Crippen LogP contribution in [0.5, 0.6) is 0 Å². The lowest BCUT2D eigenvalue weighted by Crippen LogP contribution is -2.37. The zero-order chi connectivity index (χ0) is 25.9. The summed E-state index contributed by atoms with van der Waals surface area (Å²) in [5, 5.41) is 14.2. The molecule has 1 atom stereocenters. The van der Waals surface area contributed by atoms with Crippen molar-refractivity contribution in [3.63, 3.8) is 0 Å². The van der Waals surface area contributed by atoms with Gasteiger partial charge in [-0.05, 0) is 72.0 Å². The van der Waals surface area contributed by atoms with Gasteiger partial charge < -0.3 is 4.98 Å². The number of pyridine rings is 1. The van der Waals surface area contributed by atoms with Crippen molar-refractivity contribution in [1.82, 2.24) is 30.1 Å². The van der Waals surface area contributed by atoms with Gasteiger partial charge in [0.1, 0.15) is 0 Å². The van der Waals surface area contributed by atoms with Gasteiger partial charge in [-0.1, -0.05) is 74.7 Å². The van der Waals surface area contributed by atoms with E-state index < -0.39 is 0 Å². The highest BCUT2D eigenvalue weighted by molar-refractivity contribution is 5.81. The van der Waals surface area contributed by atoms with E-state index in [1.165, 1.54) is 24.0 Å². The lowest BCUT2D eigenvalue weighted by atomic mass is 9.98. The van der Waals surface area contributed by atoms with Gasteiger partial charge in [-0.15, -0.1) is 5.10 Å². The fourth-order valence-corrected chi connectivity index (χ4v) is 5.91. The number of aromatic nitrogens is 5. The molecule has 1 fully saturated rings. The summed E-state index contributed by atoms with van der Waals surface area (Å²) in [6.07, 6.45) is 5.57. The second kappa shape index (κ2) is 11.0. The maximum atomic E-state index is 13.3. The van der Waals surface area contributed by atoms with Crippen LogP contribution in [-0.4, -0.2) is 36.6 Å². The van der Waals surface area contributed by atoms with Gasteiger partial charge in [-0.2, -0.15) is 0 Å². The Kier molecular flexibility index (Phi) is 7.51. The second-order valence-electron chi connectivity index (χ2n) is 11.0. The third-order valence-corrected chi connectivity index (χ3v) is 7.79. The Morgan fingerprint density at radius 1 is 1.08 bits per heavy atom. The van der Waals surface area contributed by atoms with Crippen molar-refractivity contribution in [2.45, 2.75) is 78.4 Å². The monoisotopic (exact) mass is 498 g/mol. The Labute approximate surface area is 218 Å². The quantitative estimate of drug-likeness (QED) is 0.321. The lowest BCUT2D eigenvalue weighted by Gasteiger charge is -2.34. The van der Waals surface area contributed by atoms with Crippen molar-refractivity contribution in [3.8, 4) is 0 Å². The number of fused-ring (bicyclic) bond motifs is 1. The molecule has 1 aliphatic carbocycles. The molecule has 0 saturated heterocycles. The van der Waals surface area contributed by atoms with Gasteiger partial charge in [-0.25, -0.2) is 4.68 Å². The highest BCUT2D eigenvalue weighted by atomic mass is 16.1. The Balaban J connectivity index is 1.53. The third-order valence-electron chi connectivity index (χ3n) is 7.79. The third kappa shape index (κ3) is 5.52. The van der Waals surface area contributed by atoms with E-state index in [9.17, 15) is 4.79 Å². The summed E-state index contributed by atoms with van der Waals surface area (Å²) in [5.41, 5.74) is 5.29. The molecule has 5 rings (SSSR count). The van der Waals surface area contributed by atoms with Gasteiger partial charge in [0.2, 0.25) is 0 Å². The minimum Gasteiger partial charge on any atom is -0.321 e. The Morgan fingerprint density at radius 3 is 2.62 bits per heavy atom. The molecular weight excluding hydrogens is 460 g/mol. The number of aryl methyl sites for hydroxylation is 2. The zero-order valence-electron chi connectivity index (χ0n) is 22.4. The fourth-order valence-electron chi connectivity index (χ4n) is 5.91. The summed E-state index contributed by atoms with van der Waals surface area (Å²) >= 11 is 0. The molecule has 37 heavy (non-hydrogen) atoms. The number of aromatic amines is 1. The molecule has 7 heteroatoms. The molecule has 2 aromatic heterocycles. The lowest BCUT2D eigenvalue weighted by molar-refractivity contribution is 0.133. The summed E-state index contributed by atoms with van der Waals surface area (Å²) in [6.45, 7) is 9.95. The van der Waals surface area contributed by atoms with E-state index in [1.54, 1.807) is 0 Å². The van der Waals surface area contributed by atoms with Crippen LogP contribution < -0.4 is 5.56 Å². The van der Waals surface area contributed by atoms with E-state index in [1.807, 2.05) is 19.1 Å². The number of hydrogen-bond donors (Lipinski definition) is 1. The van der Waals surface area contributed by atoms with Crippen LogP contribution in [0, 0.1) is 19.8 Å². The van der Waals surface area contributed by atoms with Crippen molar-refractivity contribution < 1.29 is 0 Å². The first-order valence-electron chi connectivity index (χ1n) is 13.6. The molecule has 194 valence electrons. The van der Waals surface area contributed by atoms with E-state index >= 15 is 0 Å². The van der Waals surface area contributed by atoms with E-state index in [2.05, 4.69) is 87.3 Å². The Morgan fingerprint density at radius 2 is 1.86 bits per heavy atom. The predicted molar refractivity (Wildman–Crippen MR) is 147 cm³/mol. The zero-order valence-corrected chi connectivity index (χ0v) is 22.4. The maximum Gasteiger partial charge on any atom is 0.252 e. The topological polar surface area (TPSA) is 79.7 Å². The van der Waals surface area contributed by atoms with E-state index in [-0.39, 0.29) is 17.5 Å². The number of para-hydroxylation sites is 1. The molecule has 0 spiro atoms. The molecule has 1 N–H and O–H groups in total. The summed E-state index contributed by atoms with van der Waals surface area (Å²) in [5.74, 6) is 1.18. The minimum atomic E-state index is -0.0275. The van der Waals surface area contributed by atoms with Gasteiger partial charge in [0.05, 0.1) is 17.6 Å². The first-order valence-corrected chi connectivity index (χ1v) is 13.6. The smallest absolute Gasteiger partial charge is 0.252 e. The molecule has 1 saturated carbocycles. The molecule has 0 radical (unpaired) electrons. The molecule has 0 unspecified atom stereocenters. The number of benzene rings is 2. The summed E-state index contributed by atoms with van der Waals surface area (Å²) in [4.78, 5) is 18.8. The van der Waals surface area contributed by atoms with E-state index in [0.717, 1.165) is 53.7 Å². The van der Waals surface area contributed by atoms with Gasteiger partial charge in [0.25, 0.3) is 5.56 Å². The molecule has 1 aliphatic rings. The van der Waals surface area contributed by atoms with Crippen molar-refractivity contribution in [2.75, 3.05) is 6.54 Å². The highest BCUT2D eigenvalue weighted by Gasteiger charge is 2.32. The fraction of sp³-hybridized carbons (Fsp3) is 0.467. The molecule has 0 amide bonds. The van der Waals surface area contributed by atoms with E-state index in [4.69, 9.17) is 0 Å². The van der Waals surface area contributed by atoms with Crippen LogP contribution in [0.3, 0.4) is 0 Å². The van der Waals surface area contributed by atoms with Crippen LogP contribution in [0.1, 0.15) is 79.7 Å². The van der Waals surface area contributed by atoms with Gasteiger partial charge in [-0.3, -0.25) is 9.69 Å². The standard InChI is InChI=1S/C30H38N6O/c1-20(2)28(29-32-33-34-36(29)26-13-5-6-14-26)35(16-15-23-11-7-9-21(3)17-23)19-25-18-24-12-8-10-22(4)27(24)31-30(25)37/h7-12,17-18,20,26,28H,5-6,13-16,19H2,1-4H3,(H,31,37)/t28-/m0/s1. The highest BCUT2D eigenvalue weighted by Crippen LogP contribution is 2.34. The Bertz CT molecular complexity index is 1420. The van der Waals surface area contributed by atoms with Crippen molar-refractivity contribution in [1.29, 1.82) is 0 Å². The number of nitrogens with one attached hydrogen (secondary N) is 1. The summed E-state index contributed by atoms with van der Waals surface area (Å²) < 4.78 is 2.07. The van der Waals surface area contributed by atoms with Crippen molar-refractivity contribution in [3.05, 3.63) is 87.0 Å². The number of rotatable bonds is 9. The normalized spacial score (nSPS) is 15.3. The molecule has 2 heterocycles. The number of H-pyrrole nitrogens is 1. The average molecular weight is 499 g/mol. The van der Waals surface area contributed by atoms with Crippen LogP contribution in [0.15, 0.2) is 53.3 Å². The van der Waals surface area contributed by atoms with Crippen LogP contribution in [0.4, 0.5) is 0 Å². The van der Waals surface area contributed by atoms with Crippen molar-refractivity contribution in [2.24, 2.45) is 5.92 Å². The largest absolute Gasteiger partial charge is 0.321 e. The van der Waals surface area contributed by atoms with Gasteiger partial charge in [0, 0.05) is 18.7 Å². The second-order valence-corrected chi connectivity index (χ2v) is 11.0. The number of tetrazole rings is 1. The van der Waals surface area contributed by atoms with Gasteiger partial charge in [0.15, 0.2) is 5.82 Å². The number of hydrogen-bond acceptors (Lipinski definition) is 5. The molecule has 4 aromatic rings. The first-order chi connectivity index (χ1) is 17.9. The minimum absolute atomic E-state index is 0.00647. The SMILES string of the molecule is Cc1cccc(CCN(Cc2cc3cccc(C)c3[nH]c2=O)[C@H](c2nnnn2C2CCCC2)C(C)C)c1. The Hall–Kier alpha value is -3.32. The number of nitrogens with zero attached hydrogens (tertiary/aromatic N) is 5. The molecule has 7 nitrogen and oxygen atoms in total. The predicted octanol–water partition coefficient (Wildman–Crippen LogP) is 5.69. The van der Waals surface area contributed by atoms with Gasteiger partial charge >= 0.3 is 0 Å².